The van der Waals surface area contributed by atoms with Crippen LogP contribution < -0.4 is 66.9 Å². The molecule has 0 unspecified atom stereocenters. The molecule has 3 rings (SSSR count). The van der Waals surface area contributed by atoms with Crippen molar-refractivity contribution in [1.82, 2.24) is 0 Å². The third kappa shape index (κ3) is 4.08. The van der Waals surface area contributed by atoms with Crippen LogP contribution in [0.15, 0.2) is 72.8 Å². The summed E-state index contributed by atoms with van der Waals surface area (Å²) in [6.07, 6.45) is 0. The number of rotatable bonds is 3. The van der Waals surface area contributed by atoms with Gasteiger partial charge in [-0.25, -0.2) is 0 Å². The molecule has 25 heavy (non-hydrogen) atoms. The van der Waals surface area contributed by atoms with Crippen LogP contribution in [0.1, 0.15) is 0 Å². The molecule has 0 heterocycles. The first-order valence-corrected chi connectivity index (χ1v) is 10.5. The molecule has 124 valence electrons. The van der Waals surface area contributed by atoms with Crippen LogP contribution in [-0.4, -0.2) is 8.02 Å². The van der Waals surface area contributed by atoms with E-state index in [9.17, 15) is 0 Å². The summed E-state index contributed by atoms with van der Waals surface area (Å²) in [7, 11) is -5.93. The number of benzene rings is 3. The van der Waals surface area contributed by atoms with Gasteiger partial charge in [0.1, 0.15) is 0 Å². The molecule has 7 heteroatoms. The SMILES string of the molecule is F[Si-](F)(c1ccc(Cl)cc1)(c1ccc(Cl)cc1)c1ccc(Cl)cc1.[K+]. The summed E-state index contributed by atoms with van der Waals surface area (Å²) in [5, 5.41) is 1.12. The van der Waals surface area contributed by atoms with Crippen LogP contribution in [0, 0.1) is 0 Å². The van der Waals surface area contributed by atoms with Crippen LogP contribution in [0.4, 0.5) is 8.22 Å². The average molecular weight is 440 g/mol. The van der Waals surface area contributed by atoms with Crippen molar-refractivity contribution in [3.05, 3.63) is 87.9 Å². The minimum Gasteiger partial charge on any atom is 1.00 e. The Morgan fingerprint density at radius 2 is 0.680 bits per heavy atom. The molecule has 3 aromatic rings. The van der Waals surface area contributed by atoms with Crippen molar-refractivity contribution in [1.29, 1.82) is 0 Å². The summed E-state index contributed by atoms with van der Waals surface area (Å²) < 4.78 is 32.9. The Morgan fingerprint density at radius 3 is 0.880 bits per heavy atom. The van der Waals surface area contributed by atoms with Gasteiger partial charge in [0, 0.05) is 0 Å². The predicted octanol–water partition coefficient (Wildman–Crippen LogP) is 2.01. The zero-order valence-electron chi connectivity index (χ0n) is 13.3. The van der Waals surface area contributed by atoms with Crippen molar-refractivity contribution >= 4 is 58.4 Å². The van der Waals surface area contributed by atoms with Gasteiger partial charge in [-0.2, -0.15) is 0 Å². The zero-order chi connectivity index (χ0) is 17.4. The molecule has 0 amide bonds. The van der Waals surface area contributed by atoms with E-state index in [1.807, 2.05) is 0 Å². The van der Waals surface area contributed by atoms with Gasteiger partial charge in [-0.1, -0.05) is 0 Å². The molecular formula is C18H12Cl3F2KSi. The van der Waals surface area contributed by atoms with E-state index in [1.165, 1.54) is 72.8 Å². The molecule has 0 atom stereocenters. The van der Waals surface area contributed by atoms with E-state index in [0.29, 0.717) is 15.1 Å². The van der Waals surface area contributed by atoms with Gasteiger partial charge in [-0.15, -0.1) is 0 Å². The smallest absolute Gasteiger partial charge is 1.00 e. The van der Waals surface area contributed by atoms with E-state index in [2.05, 4.69) is 0 Å². The maximum Gasteiger partial charge on any atom is 1.00 e. The van der Waals surface area contributed by atoms with Gasteiger partial charge in [0.25, 0.3) is 0 Å². The number of halogens is 5. The van der Waals surface area contributed by atoms with E-state index >= 15 is 8.22 Å². The predicted molar refractivity (Wildman–Crippen MR) is 101 cm³/mol. The summed E-state index contributed by atoms with van der Waals surface area (Å²) in [4.78, 5) is 0. The molecule has 0 bridgehead atoms. The van der Waals surface area contributed by atoms with Crippen LogP contribution in [0.5, 0.6) is 0 Å². The number of hydrogen-bond donors (Lipinski definition) is 0. The van der Waals surface area contributed by atoms with Gasteiger partial charge in [0.15, 0.2) is 0 Å². The molecule has 0 N–H and O–H groups in total. The topological polar surface area (TPSA) is 0 Å². The van der Waals surface area contributed by atoms with Gasteiger partial charge in [0.2, 0.25) is 0 Å². The molecule has 0 radical (unpaired) electrons. The van der Waals surface area contributed by atoms with Crippen molar-refractivity contribution in [2.75, 3.05) is 0 Å². The Bertz CT molecular complexity index is 749. The summed E-state index contributed by atoms with van der Waals surface area (Å²) in [6.45, 7) is 0. The Balaban J connectivity index is 0.00000225. The van der Waals surface area contributed by atoms with E-state index < -0.39 is 8.02 Å². The van der Waals surface area contributed by atoms with Gasteiger partial charge >= 0.3 is 206 Å². The fraction of sp³-hybridized carbons (Fsp3) is 0. The largest absolute Gasteiger partial charge is 1.00 e. The molecule has 0 aromatic heterocycles. The first-order chi connectivity index (χ1) is 11.3. The van der Waals surface area contributed by atoms with E-state index in [-0.39, 0.29) is 66.9 Å². The van der Waals surface area contributed by atoms with Crippen LogP contribution in [0.3, 0.4) is 0 Å². The first-order valence-electron chi connectivity index (χ1n) is 7.16. The summed E-state index contributed by atoms with van der Waals surface area (Å²) in [6, 6.07) is 17.2. The molecule has 3 aromatic carbocycles. The Hall–Kier alpha value is 0.243. The minimum absolute atomic E-state index is 0. The van der Waals surface area contributed by atoms with Crippen molar-refractivity contribution in [2.24, 2.45) is 0 Å². The molecule has 0 saturated heterocycles. The molecule has 0 spiro atoms. The van der Waals surface area contributed by atoms with E-state index in [0.717, 1.165) is 0 Å². The molecule has 0 aliphatic carbocycles. The molecule has 0 saturated carbocycles. The fourth-order valence-corrected chi connectivity index (χ4v) is 6.36. The first kappa shape index (κ1) is 21.5. The number of hydrogen-bond acceptors (Lipinski definition) is 0. The second-order valence-electron chi connectivity index (χ2n) is 5.53. The van der Waals surface area contributed by atoms with Crippen LogP contribution in [0.2, 0.25) is 15.1 Å². The fourth-order valence-electron chi connectivity index (χ4n) is 2.73. The minimum atomic E-state index is -5.93. The third-order valence-corrected chi connectivity index (χ3v) is 8.85. The maximum atomic E-state index is 16.4. The van der Waals surface area contributed by atoms with Gasteiger partial charge in [-0.05, 0) is 0 Å². The molecule has 0 fully saturated rings. The quantitative estimate of drug-likeness (QED) is 0.333. The monoisotopic (exact) mass is 438 g/mol. The second-order valence-corrected chi connectivity index (χ2v) is 10.6. The summed E-state index contributed by atoms with van der Waals surface area (Å²) in [5.74, 6) is 0. The van der Waals surface area contributed by atoms with Crippen LogP contribution in [-0.2, 0) is 0 Å². The maximum absolute atomic E-state index is 16.4. The zero-order valence-corrected chi connectivity index (χ0v) is 19.7. The van der Waals surface area contributed by atoms with E-state index in [1.54, 1.807) is 0 Å². The molecule has 0 nitrogen and oxygen atoms in total. The van der Waals surface area contributed by atoms with Crippen molar-refractivity contribution in [3.8, 4) is 0 Å². The standard InChI is InChI=1S/C18H12Cl3F2Si.K/c19-13-1-7-16(8-2-13)24(22,23,17-9-3-14(20)4-10-17)18-11-5-15(21)6-12-18;/h1-12H;/q-1;+1. The molecule has 0 aliphatic heterocycles. The van der Waals surface area contributed by atoms with Crippen molar-refractivity contribution in [2.45, 2.75) is 0 Å². The third-order valence-electron chi connectivity index (χ3n) is 4.05. The Labute approximate surface area is 203 Å². The second kappa shape index (κ2) is 8.09. The normalized spacial score (nSPS) is 12.8. The Kier molecular flexibility index (Phi) is 6.97. The van der Waals surface area contributed by atoms with Crippen molar-refractivity contribution in [3.63, 3.8) is 0 Å². The van der Waals surface area contributed by atoms with Gasteiger partial charge in [-0.3, -0.25) is 0 Å². The van der Waals surface area contributed by atoms with Gasteiger partial charge in [0.05, 0.1) is 0 Å². The Morgan fingerprint density at radius 1 is 0.480 bits per heavy atom. The molecular weight excluding hydrogens is 428 g/mol. The van der Waals surface area contributed by atoms with Gasteiger partial charge < -0.3 is 0 Å². The van der Waals surface area contributed by atoms with Crippen molar-refractivity contribution < 1.29 is 59.6 Å². The summed E-state index contributed by atoms with van der Waals surface area (Å²) in [5.41, 5.74) is 0. The van der Waals surface area contributed by atoms with E-state index in [4.69, 9.17) is 34.8 Å². The average Bonchev–Trinajstić information content (AvgIpc) is 2.56. The molecule has 0 aliphatic rings. The van der Waals surface area contributed by atoms with Crippen LogP contribution >= 0.6 is 34.8 Å². The summed E-state index contributed by atoms with van der Waals surface area (Å²) >= 11 is 17.6. The van der Waals surface area contributed by atoms with Crippen LogP contribution in [0.25, 0.3) is 0 Å².